The fourth-order valence-electron chi connectivity index (χ4n) is 5.16. The predicted molar refractivity (Wildman–Crippen MR) is 114 cm³/mol. The smallest absolute Gasteiger partial charge is 0.0508 e. The zero-order chi connectivity index (χ0) is 19.1. The highest BCUT2D eigenvalue weighted by atomic mass is 15.4. The molecule has 4 heteroatoms. The number of anilines is 1. The summed E-state index contributed by atoms with van der Waals surface area (Å²) in [4.78, 5) is 10.6. The third kappa shape index (κ3) is 4.33. The third-order valence-electron chi connectivity index (χ3n) is 7.06. The van der Waals surface area contributed by atoms with Crippen LogP contribution >= 0.6 is 0 Å². The van der Waals surface area contributed by atoms with E-state index in [1.54, 1.807) is 0 Å². The summed E-state index contributed by atoms with van der Waals surface area (Å²) in [7, 11) is 0. The van der Waals surface area contributed by atoms with E-state index in [0.717, 1.165) is 13.1 Å². The van der Waals surface area contributed by atoms with Crippen molar-refractivity contribution in [2.75, 3.05) is 63.9 Å². The maximum atomic E-state index is 2.69. The van der Waals surface area contributed by atoms with Gasteiger partial charge in [0.1, 0.15) is 0 Å². The number of benzene rings is 1. The van der Waals surface area contributed by atoms with Crippen LogP contribution in [0.15, 0.2) is 24.3 Å². The molecule has 3 aliphatic rings. The summed E-state index contributed by atoms with van der Waals surface area (Å²) in [5.41, 5.74) is 3.69. The van der Waals surface area contributed by atoms with Gasteiger partial charge in [-0.2, -0.15) is 0 Å². The molecular formula is C23H38N4. The highest BCUT2D eigenvalue weighted by Crippen LogP contribution is 2.41. The molecule has 0 atom stereocenters. The van der Waals surface area contributed by atoms with Gasteiger partial charge in [0.05, 0.1) is 6.67 Å². The van der Waals surface area contributed by atoms with Crippen molar-refractivity contribution in [1.29, 1.82) is 0 Å². The lowest BCUT2D eigenvalue weighted by atomic mass is 9.71. The molecular weight excluding hydrogens is 332 g/mol. The van der Waals surface area contributed by atoms with E-state index in [-0.39, 0.29) is 0 Å². The second kappa shape index (κ2) is 7.38. The number of hydrogen-bond acceptors (Lipinski definition) is 4. The molecule has 1 aromatic rings. The Kier molecular flexibility index (Phi) is 5.26. The summed E-state index contributed by atoms with van der Waals surface area (Å²) in [6.45, 7) is 20.3. The topological polar surface area (TPSA) is 13.0 Å². The molecule has 0 radical (unpaired) electrons. The number of rotatable bonds is 3. The fourth-order valence-corrected chi connectivity index (χ4v) is 5.16. The Hall–Kier alpha value is -1.10. The molecule has 3 fully saturated rings. The van der Waals surface area contributed by atoms with Crippen molar-refractivity contribution in [1.82, 2.24) is 14.7 Å². The summed E-state index contributed by atoms with van der Waals surface area (Å²) in [6.07, 6.45) is 2.78. The molecule has 4 nitrogen and oxygen atoms in total. The van der Waals surface area contributed by atoms with Crippen molar-refractivity contribution in [2.24, 2.45) is 5.41 Å². The predicted octanol–water partition coefficient (Wildman–Crippen LogP) is 3.27. The molecule has 0 bridgehead atoms. The second-order valence-corrected chi connectivity index (χ2v) is 10.2. The van der Waals surface area contributed by atoms with E-state index in [0.29, 0.717) is 11.0 Å². The largest absolute Gasteiger partial charge is 0.369 e. The van der Waals surface area contributed by atoms with E-state index in [1.165, 1.54) is 70.0 Å². The average Bonchev–Trinajstić information content (AvgIpc) is 2.61. The van der Waals surface area contributed by atoms with Crippen LogP contribution in [0.4, 0.5) is 5.69 Å². The summed E-state index contributed by atoms with van der Waals surface area (Å²) < 4.78 is 0. The lowest BCUT2D eigenvalue weighted by Crippen LogP contribution is -2.64. The van der Waals surface area contributed by atoms with E-state index < -0.39 is 0 Å². The fraction of sp³-hybridized carbons (Fsp3) is 0.739. The standard InChI is InChI=1S/C23H38N4/c1-20-5-7-21(8-6-20)26-15-13-24(14-16-26)19-25-17-23(18-25)9-11-27(12-10-23)22(2,3)4/h5-8H,9-19H2,1-4H3. The number of hydrogen-bond donors (Lipinski definition) is 0. The molecule has 0 N–H and O–H groups in total. The van der Waals surface area contributed by atoms with Crippen molar-refractivity contribution < 1.29 is 0 Å². The van der Waals surface area contributed by atoms with Crippen LogP contribution in [0.1, 0.15) is 39.2 Å². The van der Waals surface area contributed by atoms with Crippen LogP contribution in [-0.4, -0.2) is 79.3 Å². The number of likely N-dealkylation sites (tertiary alicyclic amines) is 2. The molecule has 3 saturated heterocycles. The molecule has 0 aromatic heterocycles. The molecule has 4 rings (SSSR count). The van der Waals surface area contributed by atoms with Crippen LogP contribution in [0.3, 0.4) is 0 Å². The van der Waals surface area contributed by atoms with Crippen molar-refractivity contribution in [3.63, 3.8) is 0 Å². The first kappa shape index (κ1) is 19.2. The molecule has 1 aromatic carbocycles. The summed E-state index contributed by atoms with van der Waals surface area (Å²) in [5, 5.41) is 0. The molecule has 0 amide bonds. The van der Waals surface area contributed by atoms with Gasteiger partial charge in [0.15, 0.2) is 0 Å². The van der Waals surface area contributed by atoms with E-state index in [1.807, 2.05) is 0 Å². The molecule has 27 heavy (non-hydrogen) atoms. The van der Waals surface area contributed by atoms with Crippen molar-refractivity contribution in [2.45, 2.75) is 46.1 Å². The highest BCUT2D eigenvalue weighted by Gasteiger charge is 2.46. The van der Waals surface area contributed by atoms with Gasteiger partial charge in [0, 0.05) is 50.5 Å². The van der Waals surface area contributed by atoms with E-state index in [2.05, 4.69) is 71.6 Å². The first-order valence-electron chi connectivity index (χ1n) is 10.8. The van der Waals surface area contributed by atoms with Gasteiger partial charge in [0.25, 0.3) is 0 Å². The first-order valence-corrected chi connectivity index (χ1v) is 10.8. The first-order chi connectivity index (χ1) is 12.8. The number of aryl methyl sites for hydroxylation is 1. The maximum Gasteiger partial charge on any atom is 0.0508 e. The van der Waals surface area contributed by atoms with Gasteiger partial charge in [-0.25, -0.2) is 0 Å². The minimum Gasteiger partial charge on any atom is -0.369 e. The summed E-state index contributed by atoms with van der Waals surface area (Å²) in [6, 6.07) is 9.00. The summed E-state index contributed by atoms with van der Waals surface area (Å²) >= 11 is 0. The van der Waals surface area contributed by atoms with Crippen LogP contribution in [0.5, 0.6) is 0 Å². The van der Waals surface area contributed by atoms with Gasteiger partial charge in [0.2, 0.25) is 0 Å². The maximum absolute atomic E-state index is 2.69. The van der Waals surface area contributed by atoms with Crippen molar-refractivity contribution >= 4 is 5.69 Å². The SMILES string of the molecule is Cc1ccc(N2CCN(CN3CC4(CCN(C(C)(C)C)CC4)C3)CC2)cc1. The zero-order valence-electron chi connectivity index (χ0n) is 17.9. The van der Waals surface area contributed by atoms with Gasteiger partial charge in [-0.1, -0.05) is 17.7 Å². The van der Waals surface area contributed by atoms with Gasteiger partial charge in [-0.05, 0) is 71.2 Å². The monoisotopic (exact) mass is 370 g/mol. The van der Waals surface area contributed by atoms with E-state index >= 15 is 0 Å². The van der Waals surface area contributed by atoms with Gasteiger partial charge in [-0.15, -0.1) is 0 Å². The van der Waals surface area contributed by atoms with Crippen LogP contribution in [0.25, 0.3) is 0 Å². The van der Waals surface area contributed by atoms with E-state index in [4.69, 9.17) is 0 Å². The third-order valence-corrected chi connectivity index (χ3v) is 7.06. The van der Waals surface area contributed by atoms with Gasteiger partial charge < -0.3 is 4.90 Å². The minimum absolute atomic E-state index is 0.335. The second-order valence-electron chi connectivity index (χ2n) is 10.2. The lowest BCUT2D eigenvalue weighted by Gasteiger charge is -2.56. The number of piperidine rings is 1. The molecule has 0 aliphatic carbocycles. The molecule has 150 valence electrons. The van der Waals surface area contributed by atoms with Gasteiger partial charge >= 0.3 is 0 Å². The van der Waals surface area contributed by atoms with Crippen molar-refractivity contribution in [3.8, 4) is 0 Å². The Balaban J connectivity index is 1.19. The molecule has 0 unspecified atom stereocenters. The van der Waals surface area contributed by atoms with Crippen LogP contribution in [-0.2, 0) is 0 Å². The number of nitrogens with zero attached hydrogens (tertiary/aromatic N) is 4. The Morgan fingerprint density at radius 1 is 0.815 bits per heavy atom. The molecule has 1 spiro atoms. The van der Waals surface area contributed by atoms with Crippen LogP contribution in [0.2, 0.25) is 0 Å². The van der Waals surface area contributed by atoms with E-state index in [9.17, 15) is 0 Å². The average molecular weight is 371 g/mol. The Morgan fingerprint density at radius 2 is 1.41 bits per heavy atom. The summed E-state index contributed by atoms with van der Waals surface area (Å²) in [5.74, 6) is 0. The Labute approximate surface area is 166 Å². The molecule has 3 heterocycles. The lowest BCUT2D eigenvalue weighted by molar-refractivity contribution is -0.0820. The quantitative estimate of drug-likeness (QED) is 0.809. The highest BCUT2D eigenvalue weighted by molar-refractivity contribution is 5.47. The number of piperazine rings is 1. The zero-order valence-corrected chi connectivity index (χ0v) is 17.9. The van der Waals surface area contributed by atoms with Crippen molar-refractivity contribution in [3.05, 3.63) is 29.8 Å². The van der Waals surface area contributed by atoms with Crippen LogP contribution < -0.4 is 4.90 Å². The van der Waals surface area contributed by atoms with Gasteiger partial charge in [-0.3, -0.25) is 14.7 Å². The Morgan fingerprint density at radius 3 is 1.96 bits per heavy atom. The molecule has 0 saturated carbocycles. The minimum atomic E-state index is 0.335. The van der Waals surface area contributed by atoms with Crippen LogP contribution in [0, 0.1) is 12.3 Å². The molecule has 3 aliphatic heterocycles. The Bertz CT molecular complexity index is 609. The normalized spacial score (nSPS) is 25.0.